The predicted octanol–water partition coefficient (Wildman–Crippen LogP) is 1.57. The molecule has 0 radical (unpaired) electrons. The third kappa shape index (κ3) is 3.69. The molecule has 0 bridgehead atoms. The molecular weight excluding hydrogens is 314 g/mol. The Balaban J connectivity index is 2.54. The van der Waals surface area contributed by atoms with E-state index >= 15 is 0 Å². The van der Waals surface area contributed by atoms with Crippen molar-refractivity contribution in [2.75, 3.05) is 32.2 Å². The average molecular weight is 333 g/mol. The van der Waals surface area contributed by atoms with E-state index in [9.17, 15) is 10.1 Å². The van der Waals surface area contributed by atoms with Gasteiger partial charge in [0, 0.05) is 12.2 Å². The SMILES string of the molecule is CO/N=C(C)/C(NOC)=C(/C1=NCCN1c1ccccc1)[N+](=O)[O-]. The summed E-state index contributed by atoms with van der Waals surface area (Å²) < 4.78 is 0. The number of nitro groups is 1. The second kappa shape index (κ2) is 8.06. The van der Waals surface area contributed by atoms with Gasteiger partial charge in [0.25, 0.3) is 0 Å². The first-order valence-corrected chi connectivity index (χ1v) is 7.23. The van der Waals surface area contributed by atoms with E-state index < -0.39 is 4.92 Å². The van der Waals surface area contributed by atoms with Crippen LogP contribution in [0.5, 0.6) is 0 Å². The number of nitrogens with zero attached hydrogens (tertiary/aromatic N) is 4. The molecule has 1 heterocycles. The smallest absolute Gasteiger partial charge is 0.338 e. The van der Waals surface area contributed by atoms with Gasteiger partial charge in [-0.15, -0.1) is 0 Å². The quantitative estimate of drug-likeness (QED) is 0.462. The van der Waals surface area contributed by atoms with E-state index in [-0.39, 0.29) is 22.9 Å². The molecule has 0 aliphatic carbocycles. The van der Waals surface area contributed by atoms with E-state index in [0.29, 0.717) is 13.1 Å². The first kappa shape index (κ1) is 17.4. The molecule has 0 unspecified atom stereocenters. The van der Waals surface area contributed by atoms with Gasteiger partial charge >= 0.3 is 5.70 Å². The van der Waals surface area contributed by atoms with Crippen molar-refractivity contribution in [1.29, 1.82) is 0 Å². The normalized spacial score (nSPS) is 15.7. The number of nitrogens with one attached hydrogen (secondary N) is 1. The monoisotopic (exact) mass is 333 g/mol. The Morgan fingerprint density at radius 1 is 1.38 bits per heavy atom. The number of anilines is 1. The van der Waals surface area contributed by atoms with E-state index in [1.54, 1.807) is 11.8 Å². The largest absolute Gasteiger partial charge is 0.399 e. The molecule has 1 aromatic carbocycles. The maximum atomic E-state index is 11.7. The maximum Gasteiger partial charge on any atom is 0.338 e. The second-order valence-electron chi connectivity index (χ2n) is 4.84. The molecular formula is C15H19N5O4. The fraction of sp³-hybridized carbons (Fsp3) is 0.333. The number of hydroxylamine groups is 1. The van der Waals surface area contributed by atoms with Crippen LogP contribution in [0.3, 0.4) is 0 Å². The molecule has 0 saturated heterocycles. The minimum atomic E-state index is -0.504. The summed E-state index contributed by atoms with van der Waals surface area (Å²) in [7, 11) is 2.73. The molecule has 128 valence electrons. The van der Waals surface area contributed by atoms with E-state index in [2.05, 4.69) is 15.6 Å². The highest BCUT2D eigenvalue weighted by molar-refractivity contribution is 6.14. The highest BCUT2D eigenvalue weighted by atomic mass is 16.6. The second-order valence-corrected chi connectivity index (χ2v) is 4.84. The molecule has 1 N–H and O–H groups in total. The summed E-state index contributed by atoms with van der Waals surface area (Å²) in [6.45, 7) is 2.59. The zero-order valence-electron chi connectivity index (χ0n) is 13.7. The first-order chi connectivity index (χ1) is 11.6. The number of oxime groups is 1. The van der Waals surface area contributed by atoms with E-state index in [4.69, 9.17) is 9.68 Å². The highest BCUT2D eigenvalue weighted by Crippen LogP contribution is 2.22. The van der Waals surface area contributed by atoms with Crippen molar-refractivity contribution in [2.24, 2.45) is 10.1 Å². The molecule has 1 aliphatic heterocycles. The van der Waals surface area contributed by atoms with Crippen LogP contribution in [-0.4, -0.2) is 43.8 Å². The molecule has 9 nitrogen and oxygen atoms in total. The van der Waals surface area contributed by atoms with Gasteiger partial charge in [-0.2, -0.15) is 0 Å². The van der Waals surface area contributed by atoms with Gasteiger partial charge in [0.2, 0.25) is 5.84 Å². The van der Waals surface area contributed by atoms with Gasteiger partial charge in [-0.25, -0.2) is 0 Å². The summed E-state index contributed by atoms with van der Waals surface area (Å²) >= 11 is 0. The molecule has 2 rings (SSSR count). The van der Waals surface area contributed by atoms with Crippen molar-refractivity contribution in [2.45, 2.75) is 6.92 Å². The molecule has 1 aromatic rings. The summed E-state index contributed by atoms with van der Waals surface area (Å²) in [6.07, 6.45) is 0. The van der Waals surface area contributed by atoms with Crippen LogP contribution >= 0.6 is 0 Å². The lowest BCUT2D eigenvalue weighted by Gasteiger charge is -2.20. The van der Waals surface area contributed by atoms with Crippen LogP contribution < -0.4 is 10.4 Å². The molecule has 9 heteroatoms. The zero-order valence-corrected chi connectivity index (χ0v) is 13.7. The number of benzene rings is 1. The Labute approximate surface area is 139 Å². The van der Waals surface area contributed by atoms with Crippen LogP contribution in [0.25, 0.3) is 0 Å². The van der Waals surface area contributed by atoms with Gasteiger partial charge in [-0.1, -0.05) is 23.4 Å². The highest BCUT2D eigenvalue weighted by Gasteiger charge is 2.34. The number of rotatable bonds is 7. The number of para-hydroxylation sites is 1. The average Bonchev–Trinajstić information content (AvgIpc) is 3.04. The molecule has 1 aliphatic rings. The molecule has 0 aromatic heterocycles. The van der Waals surface area contributed by atoms with Crippen molar-refractivity contribution < 1.29 is 14.6 Å². The number of hydrogen-bond acceptors (Lipinski definition) is 8. The van der Waals surface area contributed by atoms with Crippen LogP contribution in [0, 0.1) is 10.1 Å². The van der Waals surface area contributed by atoms with E-state index in [1.807, 2.05) is 30.3 Å². The maximum absolute atomic E-state index is 11.7. The Morgan fingerprint density at radius 3 is 2.67 bits per heavy atom. The summed E-state index contributed by atoms with van der Waals surface area (Å²) in [6, 6.07) is 9.36. The Bertz CT molecular complexity index is 684. The fourth-order valence-electron chi connectivity index (χ4n) is 2.37. The van der Waals surface area contributed by atoms with Crippen LogP contribution in [0.2, 0.25) is 0 Å². The third-order valence-electron chi connectivity index (χ3n) is 3.33. The number of hydrogen-bond donors (Lipinski definition) is 1. The molecule has 0 amide bonds. The lowest BCUT2D eigenvalue weighted by molar-refractivity contribution is -0.416. The molecule has 24 heavy (non-hydrogen) atoms. The standard InChI is InChI=1S/C15H19N5O4/c1-11(17-23-2)13(18-24-3)14(20(21)22)15-16-9-10-19(15)12-7-5-4-6-8-12/h4-8,18H,9-10H2,1-3H3/b14-13+,17-11+. The summed E-state index contributed by atoms with van der Waals surface area (Å²) in [4.78, 5) is 26.9. The number of aliphatic imine (C=N–C) groups is 1. The van der Waals surface area contributed by atoms with Gasteiger partial charge in [-0.05, 0) is 19.1 Å². The van der Waals surface area contributed by atoms with Crippen LogP contribution in [0.1, 0.15) is 6.92 Å². The van der Waals surface area contributed by atoms with Crippen molar-refractivity contribution in [3.05, 3.63) is 51.8 Å². The van der Waals surface area contributed by atoms with Gasteiger partial charge in [0.1, 0.15) is 12.8 Å². The molecule has 0 fully saturated rings. The number of allylic oxidation sites excluding steroid dienone is 1. The minimum Gasteiger partial charge on any atom is -0.399 e. The van der Waals surface area contributed by atoms with Crippen molar-refractivity contribution in [3.8, 4) is 0 Å². The minimum absolute atomic E-state index is 0.0888. The van der Waals surface area contributed by atoms with Gasteiger partial charge in [0.15, 0.2) is 5.70 Å². The number of amidine groups is 1. The molecule has 0 atom stereocenters. The lowest BCUT2D eigenvalue weighted by Crippen LogP contribution is -2.35. The van der Waals surface area contributed by atoms with E-state index in [0.717, 1.165) is 5.69 Å². The van der Waals surface area contributed by atoms with Crippen molar-refractivity contribution in [1.82, 2.24) is 5.48 Å². The van der Waals surface area contributed by atoms with Crippen molar-refractivity contribution in [3.63, 3.8) is 0 Å². The van der Waals surface area contributed by atoms with Crippen LogP contribution in [0.4, 0.5) is 5.69 Å². The Kier molecular flexibility index (Phi) is 5.85. The topological polar surface area (TPSA) is 102 Å². The Hall–Kier alpha value is -2.94. The third-order valence-corrected chi connectivity index (χ3v) is 3.33. The van der Waals surface area contributed by atoms with Gasteiger partial charge < -0.3 is 9.74 Å². The molecule has 0 saturated carbocycles. The van der Waals surface area contributed by atoms with Gasteiger partial charge in [0.05, 0.1) is 18.6 Å². The summed E-state index contributed by atoms with van der Waals surface area (Å²) in [5.41, 5.74) is 3.48. The van der Waals surface area contributed by atoms with Crippen LogP contribution in [-0.2, 0) is 9.68 Å². The lowest BCUT2D eigenvalue weighted by atomic mass is 10.2. The van der Waals surface area contributed by atoms with Crippen LogP contribution in [0.15, 0.2) is 51.9 Å². The summed E-state index contributed by atoms with van der Waals surface area (Å²) in [5.74, 6) is 0.247. The Morgan fingerprint density at radius 2 is 2.08 bits per heavy atom. The van der Waals surface area contributed by atoms with Gasteiger partial charge in [-0.3, -0.25) is 25.4 Å². The zero-order chi connectivity index (χ0) is 17.5. The predicted molar refractivity (Wildman–Crippen MR) is 90.4 cm³/mol. The van der Waals surface area contributed by atoms with Crippen molar-refractivity contribution >= 4 is 17.2 Å². The first-order valence-electron chi connectivity index (χ1n) is 7.23. The molecule has 0 spiro atoms. The summed E-state index contributed by atoms with van der Waals surface area (Å²) in [5, 5.41) is 15.5. The van der Waals surface area contributed by atoms with E-state index in [1.165, 1.54) is 14.2 Å². The fourth-order valence-corrected chi connectivity index (χ4v) is 2.37.